The summed E-state index contributed by atoms with van der Waals surface area (Å²) in [6.45, 7) is 5.79. The van der Waals surface area contributed by atoms with Gasteiger partial charge in [0.05, 0.1) is 11.7 Å². The van der Waals surface area contributed by atoms with Crippen molar-refractivity contribution in [1.29, 1.82) is 0 Å². The van der Waals surface area contributed by atoms with Gasteiger partial charge < -0.3 is 10.2 Å². The highest BCUT2D eigenvalue weighted by Crippen LogP contribution is 2.27. The summed E-state index contributed by atoms with van der Waals surface area (Å²) in [7, 11) is 1.77. The topological polar surface area (TPSA) is 62.3 Å². The van der Waals surface area contributed by atoms with Crippen molar-refractivity contribution in [1.82, 2.24) is 15.2 Å². The highest BCUT2D eigenvalue weighted by Gasteiger charge is 2.25. The van der Waals surface area contributed by atoms with Crippen LogP contribution in [-0.4, -0.2) is 34.3 Å². The molecular formula is C25H27N3O2. The SMILES string of the molecule is CN(C(=O)c1ccc(C(=O)NC(C)(C)C)cc1)C(c1ccccc1)c1ccccn1. The summed E-state index contributed by atoms with van der Waals surface area (Å²) >= 11 is 0. The van der Waals surface area contributed by atoms with E-state index in [0.717, 1.165) is 11.3 Å². The smallest absolute Gasteiger partial charge is 0.254 e. The molecule has 30 heavy (non-hydrogen) atoms. The predicted octanol–water partition coefficient (Wildman–Crippen LogP) is 4.47. The number of amides is 2. The molecule has 0 aliphatic rings. The van der Waals surface area contributed by atoms with Crippen molar-refractivity contribution in [3.8, 4) is 0 Å². The third-order valence-corrected chi connectivity index (χ3v) is 4.67. The summed E-state index contributed by atoms with van der Waals surface area (Å²) in [5.74, 6) is -0.303. The molecule has 0 bridgehead atoms. The summed E-state index contributed by atoms with van der Waals surface area (Å²) in [6, 6.07) is 21.9. The van der Waals surface area contributed by atoms with Crippen LogP contribution in [-0.2, 0) is 0 Å². The number of carbonyl (C=O) groups excluding carboxylic acids is 2. The van der Waals surface area contributed by atoms with Gasteiger partial charge in [0.15, 0.2) is 0 Å². The van der Waals surface area contributed by atoms with Crippen LogP contribution < -0.4 is 5.32 Å². The highest BCUT2D eigenvalue weighted by atomic mass is 16.2. The van der Waals surface area contributed by atoms with Gasteiger partial charge in [-0.05, 0) is 62.7 Å². The molecule has 0 fully saturated rings. The lowest BCUT2D eigenvalue weighted by molar-refractivity contribution is 0.0751. The molecule has 2 amide bonds. The van der Waals surface area contributed by atoms with E-state index < -0.39 is 0 Å². The van der Waals surface area contributed by atoms with Crippen molar-refractivity contribution < 1.29 is 9.59 Å². The van der Waals surface area contributed by atoms with Gasteiger partial charge in [0.25, 0.3) is 11.8 Å². The molecule has 3 aromatic rings. The van der Waals surface area contributed by atoms with Crippen LogP contribution in [0.2, 0.25) is 0 Å². The van der Waals surface area contributed by atoms with Crippen molar-refractivity contribution in [3.63, 3.8) is 0 Å². The zero-order chi connectivity index (χ0) is 21.7. The number of nitrogens with zero attached hydrogens (tertiary/aromatic N) is 2. The van der Waals surface area contributed by atoms with E-state index in [1.54, 1.807) is 42.4 Å². The molecule has 0 saturated carbocycles. The van der Waals surface area contributed by atoms with Gasteiger partial charge in [-0.1, -0.05) is 36.4 Å². The zero-order valence-corrected chi connectivity index (χ0v) is 17.8. The molecule has 5 nitrogen and oxygen atoms in total. The molecule has 0 spiro atoms. The zero-order valence-electron chi connectivity index (χ0n) is 17.8. The first-order valence-corrected chi connectivity index (χ1v) is 9.92. The Morgan fingerprint density at radius 3 is 2.03 bits per heavy atom. The number of hydrogen-bond donors (Lipinski definition) is 1. The van der Waals surface area contributed by atoms with E-state index >= 15 is 0 Å². The number of hydrogen-bond acceptors (Lipinski definition) is 3. The number of benzene rings is 2. The van der Waals surface area contributed by atoms with Crippen LogP contribution in [0.15, 0.2) is 79.0 Å². The van der Waals surface area contributed by atoms with Gasteiger partial charge in [-0.25, -0.2) is 0 Å². The van der Waals surface area contributed by atoms with Gasteiger partial charge in [0.2, 0.25) is 0 Å². The van der Waals surface area contributed by atoms with E-state index in [2.05, 4.69) is 10.3 Å². The van der Waals surface area contributed by atoms with Crippen molar-refractivity contribution in [2.24, 2.45) is 0 Å². The molecule has 0 aliphatic carbocycles. The number of nitrogens with one attached hydrogen (secondary N) is 1. The Labute approximate surface area is 177 Å². The molecule has 5 heteroatoms. The van der Waals surface area contributed by atoms with E-state index in [-0.39, 0.29) is 23.4 Å². The van der Waals surface area contributed by atoms with Crippen LogP contribution in [0.25, 0.3) is 0 Å². The van der Waals surface area contributed by atoms with Crippen LogP contribution in [0.1, 0.15) is 58.8 Å². The van der Waals surface area contributed by atoms with Gasteiger partial charge in [-0.2, -0.15) is 0 Å². The van der Waals surface area contributed by atoms with Crippen LogP contribution >= 0.6 is 0 Å². The average molecular weight is 402 g/mol. The van der Waals surface area contributed by atoms with Crippen molar-refractivity contribution in [2.75, 3.05) is 7.05 Å². The van der Waals surface area contributed by atoms with Gasteiger partial charge >= 0.3 is 0 Å². The lowest BCUT2D eigenvalue weighted by atomic mass is 10.0. The molecule has 0 radical (unpaired) electrons. The maximum Gasteiger partial charge on any atom is 0.254 e. The molecule has 0 saturated heterocycles. The molecular weight excluding hydrogens is 374 g/mol. The van der Waals surface area contributed by atoms with E-state index in [1.165, 1.54) is 0 Å². The van der Waals surface area contributed by atoms with Gasteiger partial charge in [-0.15, -0.1) is 0 Å². The fourth-order valence-electron chi connectivity index (χ4n) is 3.26. The summed E-state index contributed by atoms with van der Waals surface area (Å²) in [6.07, 6.45) is 1.73. The number of pyridine rings is 1. The Bertz CT molecular complexity index is 955. The minimum Gasteiger partial charge on any atom is -0.347 e. The summed E-state index contributed by atoms with van der Waals surface area (Å²) in [4.78, 5) is 31.7. The molecule has 0 aliphatic heterocycles. The molecule has 1 atom stereocenters. The standard InChI is InChI=1S/C25H27N3O2/c1-25(2,3)27-23(29)19-13-15-20(16-14-19)24(30)28(4)22(18-10-6-5-7-11-18)21-12-8-9-17-26-21/h5-17,22H,1-4H3,(H,27,29). The quantitative estimate of drug-likeness (QED) is 0.686. The number of rotatable bonds is 5. The molecule has 3 rings (SSSR count). The van der Waals surface area contributed by atoms with Crippen LogP contribution in [0.5, 0.6) is 0 Å². The predicted molar refractivity (Wildman–Crippen MR) is 118 cm³/mol. The second-order valence-electron chi connectivity index (χ2n) is 8.27. The second kappa shape index (κ2) is 8.91. The Morgan fingerprint density at radius 2 is 1.47 bits per heavy atom. The summed E-state index contributed by atoms with van der Waals surface area (Å²) in [5, 5.41) is 2.93. The van der Waals surface area contributed by atoms with Crippen LogP contribution in [0.3, 0.4) is 0 Å². The highest BCUT2D eigenvalue weighted by molar-refractivity contribution is 5.98. The van der Waals surface area contributed by atoms with E-state index in [4.69, 9.17) is 0 Å². The third kappa shape index (κ3) is 5.11. The molecule has 1 unspecified atom stereocenters. The summed E-state index contributed by atoms with van der Waals surface area (Å²) in [5.41, 5.74) is 2.49. The van der Waals surface area contributed by atoms with Gasteiger partial charge in [0.1, 0.15) is 0 Å². The lowest BCUT2D eigenvalue weighted by Crippen LogP contribution is -2.40. The first kappa shape index (κ1) is 21.2. The minimum absolute atomic E-state index is 0.141. The Hall–Kier alpha value is -3.47. The Balaban J connectivity index is 1.86. The monoisotopic (exact) mass is 401 g/mol. The maximum atomic E-state index is 13.2. The molecule has 154 valence electrons. The van der Waals surface area contributed by atoms with Gasteiger partial charge in [0, 0.05) is 29.9 Å². The van der Waals surface area contributed by atoms with Gasteiger partial charge in [-0.3, -0.25) is 14.6 Å². The van der Waals surface area contributed by atoms with Crippen molar-refractivity contribution in [2.45, 2.75) is 32.4 Å². The number of carbonyl (C=O) groups is 2. The fourth-order valence-corrected chi connectivity index (χ4v) is 3.26. The average Bonchev–Trinajstić information content (AvgIpc) is 2.74. The largest absolute Gasteiger partial charge is 0.347 e. The first-order chi connectivity index (χ1) is 14.3. The third-order valence-electron chi connectivity index (χ3n) is 4.67. The summed E-state index contributed by atoms with van der Waals surface area (Å²) < 4.78 is 0. The molecule has 2 aromatic carbocycles. The second-order valence-corrected chi connectivity index (χ2v) is 8.27. The van der Waals surface area contributed by atoms with E-state index in [1.807, 2.05) is 69.3 Å². The van der Waals surface area contributed by atoms with Crippen molar-refractivity contribution >= 4 is 11.8 Å². The molecule has 1 heterocycles. The Morgan fingerprint density at radius 1 is 0.867 bits per heavy atom. The van der Waals surface area contributed by atoms with E-state index in [0.29, 0.717) is 11.1 Å². The minimum atomic E-state index is -0.322. The van der Waals surface area contributed by atoms with Crippen LogP contribution in [0.4, 0.5) is 0 Å². The fraction of sp³-hybridized carbons (Fsp3) is 0.240. The normalized spacial score (nSPS) is 12.1. The maximum absolute atomic E-state index is 13.2. The Kier molecular flexibility index (Phi) is 6.31. The van der Waals surface area contributed by atoms with Crippen molar-refractivity contribution in [3.05, 3.63) is 101 Å². The molecule has 1 aromatic heterocycles. The lowest BCUT2D eigenvalue weighted by Gasteiger charge is -2.28. The van der Waals surface area contributed by atoms with Crippen LogP contribution in [0, 0.1) is 0 Å². The van der Waals surface area contributed by atoms with E-state index in [9.17, 15) is 9.59 Å². The molecule has 1 N–H and O–H groups in total. The number of aromatic nitrogens is 1. The first-order valence-electron chi connectivity index (χ1n) is 9.92.